The molecule has 26 heavy (non-hydrogen) atoms. The van der Waals surface area contributed by atoms with E-state index >= 15 is 0 Å². The minimum Gasteiger partial charge on any atom is -0.365 e. The van der Waals surface area contributed by atoms with Gasteiger partial charge in [-0.3, -0.25) is 9.59 Å². The third-order valence-corrected chi connectivity index (χ3v) is 4.58. The van der Waals surface area contributed by atoms with Gasteiger partial charge in [0, 0.05) is 11.6 Å². The number of fused-ring (bicyclic) bond motifs is 3. The predicted octanol–water partition coefficient (Wildman–Crippen LogP) is 3.11. The second-order valence-corrected chi connectivity index (χ2v) is 6.26. The number of benzene rings is 2. The molecule has 1 heterocycles. The van der Waals surface area contributed by atoms with Gasteiger partial charge in [0.1, 0.15) is 5.56 Å². The highest BCUT2D eigenvalue weighted by Gasteiger charge is 2.20. The Hall–Kier alpha value is -2.79. The molecule has 3 aromatic rings. The van der Waals surface area contributed by atoms with Crippen molar-refractivity contribution in [3.05, 3.63) is 89.2 Å². The van der Waals surface area contributed by atoms with Crippen LogP contribution in [0.2, 0.25) is 0 Å². The minimum atomic E-state index is -0.503. The van der Waals surface area contributed by atoms with Gasteiger partial charge in [-0.25, -0.2) is 0 Å². The molecule has 0 atom stereocenters. The molecule has 1 amide bonds. The molecule has 0 fully saturated rings. The Morgan fingerprint density at radius 1 is 0.923 bits per heavy atom. The highest BCUT2D eigenvalue weighted by atomic mass is 79.9. The number of nitrogens with two attached hydrogens (primary N) is 1. The van der Waals surface area contributed by atoms with Crippen molar-refractivity contribution >= 4 is 28.7 Å². The number of carbonyl (C=O) groups excluding carboxylic acids is 2. The van der Waals surface area contributed by atoms with Crippen LogP contribution >= 0.6 is 17.0 Å². The lowest BCUT2D eigenvalue weighted by Crippen LogP contribution is -2.38. The second kappa shape index (κ2) is 7.22. The number of halogens is 1. The molecule has 0 saturated heterocycles. The minimum absolute atomic E-state index is 0. The number of hydrogen-bond donors (Lipinski definition) is 1. The monoisotopic (exact) mass is 409 g/mol. The van der Waals surface area contributed by atoms with Crippen molar-refractivity contribution in [2.24, 2.45) is 5.73 Å². The molecule has 5 heteroatoms. The Balaban J connectivity index is 0.00000196. The first-order valence-corrected chi connectivity index (χ1v) is 8.15. The fourth-order valence-electron chi connectivity index (χ4n) is 3.34. The van der Waals surface area contributed by atoms with Crippen molar-refractivity contribution in [3.8, 4) is 11.1 Å². The van der Waals surface area contributed by atoms with E-state index in [4.69, 9.17) is 5.73 Å². The summed E-state index contributed by atoms with van der Waals surface area (Å²) in [6, 6.07) is 17.6. The molecule has 4 nitrogen and oxygen atoms in total. The van der Waals surface area contributed by atoms with Crippen molar-refractivity contribution in [1.82, 2.24) is 0 Å². The highest BCUT2D eigenvalue weighted by molar-refractivity contribution is 8.93. The van der Waals surface area contributed by atoms with E-state index < -0.39 is 5.91 Å². The first kappa shape index (κ1) is 18.0. The van der Waals surface area contributed by atoms with E-state index in [1.54, 1.807) is 29.1 Å². The summed E-state index contributed by atoms with van der Waals surface area (Å²) >= 11 is 0. The van der Waals surface area contributed by atoms with Gasteiger partial charge in [-0.05, 0) is 40.8 Å². The lowest BCUT2D eigenvalue weighted by atomic mass is 10.0. The molecule has 2 aromatic carbocycles. The summed E-state index contributed by atoms with van der Waals surface area (Å²) in [5.41, 5.74) is 11.3. The maximum atomic E-state index is 12.6. The number of amides is 1. The maximum absolute atomic E-state index is 12.6. The number of ketones is 1. The number of aromatic nitrogens is 1. The molecular formula is C21H18BrN2O2+. The van der Waals surface area contributed by atoms with Crippen molar-refractivity contribution < 1.29 is 14.2 Å². The number of carbonyl (C=O) groups is 2. The lowest BCUT2D eigenvalue weighted by Gasteiger charge is -2.04. The zero-order valence-corrected chi connectivity index (χ0v) is 15.7. The molecule has 0 spiro atoms. The van der Waals surface area contributed by atoms with E-state index in [0.717, 1.165) is 6.42 Å². The molecule has 2 N–H and O–H groups in total. The van der Waals surface area contributed by atoms with Crippen LogP contribution in [-0.4, -0.2) is 11.7 Å². The van der Waals surface area contributed by atoms with E-state index in [2.05, 4.69) is 12.1 Å². The number of rotatable bonds is 4. The van der Waals surface area contributed by atoms with Gasteiger partial charge in [0.25, 0.3) is 5.91 Å². The number of hydrogen-bond acceptors (Lipinski definition) is 2. The number of nitrogens with zero attached hydrogens (tertiary/aromatic N) is 1. The SMILES string of the molecule is Br.NC(=O)c1ccc[n+](CC(=O)c2ccc3c(c2)Cc2ccccc2-3)c1. The largest absolute Gasteiger partial charge is 0.365 e. The molecule has 0 unspecified atom stereocenters. The van der Waals surface area contributed by atoms with Crippen molar-refractivity contribution in [2.75, 3.05) is 0 Å². The fourth-order valence-corrected chi connectivity index (χ4v) is 3.34. The van der Waals surface area contributed by atoms with E-state index in [1.807, 2.05) is 30.3 Å². The van der Waals surface area contributed by atoms with E-state index in [1.165, 1.54) is 22.3 Å². The number of primary amides is 1. The molecule has 4 rings (SSSR count). The predicted molar refractivity (Wildman–Crippen MR) is 104 cm³/mol. The molecule has 0 aliphatic heterocycles. The zero-order valence-electron chi connectivity index (χ0n) is 14.0. The summed E-state index contributed by atoms with van der Waals surface area (Å²) in [5, 5.41) is 0. The van der Waals surface area contributed by atoms with Crippen molar-refractivity contribution in [3.63, 3.8) is 0 Å². The Labute approximate surface area is 162 Å². The standard InChI is InChI=1S/C21H16N2O2.BrH/c22-21(25)16-5-3-9-23(12-16)13-20(24)15-7-8-19-17(11-15)10-14-4-1-2-6-18(14)19;/h1-9,11-12H,10,13H2,(H-,22,25);1H/p+1. The van der Waals surface area contributed by atoms with Crippen LogP contribution < -0.4 is 10.3 Å². The van der Waals surface area contributed by atoms with Gasteiger partial charge < -0.3 is 5.73 Å². The van der Waals surface area contributed by atoms with Crippen LogP contribution in [0.5, 0.6) is 0 Å². The molecule has 1 aliphatic rings. The average molecular weight is 410 g/mol. The van der Waals surface area contributed by atoms with Crippen molar-refractivity contribution in [2.45, 2.75) is 13.0 Å². The van der Waals surface area contributed by atoms with Crippen molar-refractivity contribution in [1.29, 1.82) is 0 Å². The first-order chi connectivity index (χ1) is 12.1. The van der Waals surface area contributed by atoms with Gasteiger partial charge in [-0.15, -0.1) is 17.0 Å². The fraction of sp³-hybridized carbons (Fsp3) is 0.0952. The second-order valence-electron chi connectivity index (χ2n) is 6.26. The topological polar surface area (TPSA) is 64.0 Å². The Bertz CT molecular complexity index is 1010. The third kappa shape index (κ3) is 3.30. The molecule has 0 bridgehead atoms. The molecule has 130 valence electrons. The summed E-state index contributed by atoms with van der Waals surface area (Å²) in [5.74, 6) is -0.498. The quantitative estimate of drug-likeness (QED) is 0.415. The van der Waals surface area contributed by atoms with Gasteiger partial charge >= 0.3 is 0 Å². The first-order valence-electron chi connectivity index (χ1n) is 8.15. The van der Waals surface area contributed by atoms with Crippen LogP contribution in [-0.2, 0) is 13.0 Å². The summed E-state index contributed by atoms with van der Waals surface area (Å²) in [7, 11) is 0. The van der Waals surface area contributed by atoms with Crippen LogP contribution in [0.4, 0.5) is 0 Å². The third-order valence-electron chi connectivity index (χ3n) is 4.58. The van der Waals surface area contributed by atoms with Gasteiger partial charge in [0.2, 0.25) is 12.3 Å². The maximum Gasteiger partial charge on any atom is 0.254 e. The van der Waals surface area contributed by atoms with Crippen LogP contribution in [0.25, 0.3) is 11.1 Å². The van der Waals surface area contributed by atoms with Gasteiger partial charge in [-0.1, -0.05) is 36.4 Å². The molecular weight excluding hydrogens is 392 g/mol. The molecule has 0 radical (unpaired) electrons. The van der Waals surface area contributed by atoms with Crippen LogP contribution in [0.15, 0.2) is 67.0 Å². The summed E-state index contributed by atoms with van der Waals surface area (Å²) in [6.07, 6.45) is 4.22. The van der Waals surface area contributed by atoms with Gasteiger partial charge in [-0.2, -0.15) is 4.57 Å². The number of Topliss-reactive ketones (excluding diaryl/α,β-unsaturated/α-hetero) is 1. The summed E-state index contributed by atoms with van der Waals surface area (Å²) in [6.45, 7) is 0.173. The van der Waals surface area contributed by atoms with Crippen LogP contribution in [0.1, 0.15) is 31.8 Å². The molecule has 1 aromatic heterocycles. The van der Waals surface area contributed by atoms with Gasteiger partial charge in [0.15, 0.2) is 12.4 Å². The highest BCUT2D eigenvalue weighted by Crippen LogP contribution is 2.36. The average Bonchev–Trinajstić information content (AvgIpc) is 2.99. The summed E-state index contributed by atoms with van der Waals surface area (Å²) in [4.78, 5) is 23.9. The Morgan fingerprint density at radius 2 is 1.69 bits per heavy atom. The van der Waals surface area contributed by atoms with E-state index in [9.17, 15) is 9.59 Å². The normalized spacial score (nSPS) is 11.2. The summed E-state index contributed by atoms with van der Waals surface area (Å²) < 4.78 is 1.68. The van der Waals surface area contributed by atoms with E-state index in [0.29, 0.717) is 11.1 Å². The Morgan fingerprint density at radius 3 is 2.50 bits per heavy atom. The van der Waals surface area contributed by atoms with Crippen LogP contribution in [0, 0.1) is 0 Å². The molecule has 1 aliphatic carbocycles. The lowest BCUT2D eigenvalue weighted by molar-refractivity contribution is -0.683. The van der Waals surface area contributed by atoms with E-state index in [-0.39, 0.29) is 29.3 Å². The van der Waals surface area contributed by atoms with Gasteiger partial charge in [0.05, 0.1) is 0 Å². The smallest absolute Gasteiger partial charge is 0.254 e. The number of pyridine rings is 1. The van der Waals surface area contributed by atoms with Crippen LogP contribution in [0.3, 0.4) is 0 Å². The molecule has 0 saturated carbocycles. The Kier molecular flexibility index (Phi) is 5.00. The zero-order chi connectivity index (χ0) is 17.4.